The number of methoxy groups -OCH3 is 1. The highest BCUT2D eigenvalue weighted by molar-refractivity contribution is 5.97. The molecule has 4 nitrogen and oxygen atoms in total. The van der Waals surface area contributed by atoms with Gasteiger partial charge in [-0.15, -0.1) is 0 Å². The molecule has 2 fully saturated rings. The predicted octanol–water partition coefficient (Wildman–Crippen LogP) is 2.89. The fourth-order valence-electron chi connectivity index (χ4n) is 5.32. The molecule has 1 aromatic rings. The third-order valence-corrected chi connectivity index (χ3v) is 6.19. The lowest BCUT2D eigenvalue weighted by molar-refractivity contribution is 0.131. The first-order chi connectivity index (χ1) is 10.8. The van der Waals surface area contributed by atoms with Gasteiger partial charge in [0.05, 0.1) is 18.2 Å². The molecular weight excluding hydrogens is 276 g/mol. The molecule has 4 heteroatoms. The minimum Gasteiger partial charge on any atom is -0.452 e. The maximum atomic E-state index is 12.5. The summed E-state index contributed by atoms with van der Waals surface area (Å²) in [7, 11) is 1.47. The highest BCUT2D eigenvalue weighted by Gasteiger charge is 2.61. The van der Waals surface area contributed by atoms with Gasteiger partial charge in [0.2, 0.25) is 0 Å². The van der Waals surface area contributed by atoms with E-state index in [0.29, 0.717) is 12.0 Å². The number of piperidine rings is 1. The Bertz CT molecular complexity index is 698. The van der Waals surface area contributed by atoms with Crippen LogP contribution in [-0.2, 0) is 10.2 Å². The van der Waals surface area contributed by atoms with Crippen LogP contribution in [0.15, 0.2) is 36.0 Å². The SMILES string of the molecule is COC(=O)N1C2=C[C@@H]3CCN4CCC2(c2ccccc21)[C@@H]4C3. The van der Waals surface area contributed by atoms with Crippen molar-refractivity contribution in [3.63, 3.8) is 0 Å². The number of allylic oxidation sites excluding steroid dienone is 1. The zero-order chi connectivity index (χ0) is 14.9. The van der Waals surface area contributed by atoms with Gasteiger partial charge >= 0.3 is 6.09 Å². The van der Waals surface area contributed by atoms with E-state index in [1.165, 1.54) is 37.8 Å². The van der Waals surface area contributed by atoms with Crippen LogP contribution in [0.1, 0.15) is 24.8 Å². The first-order valence-electron chi connectivity index (χ1n) is 8.19. The first-order valence-corrected chi connectivity index (χ1v) is 8.19. The Kier molecular flexibility index (Phi) is 2.39. The Balaban J connectivity index is 1.79. The van der Waals surface area contributed by atoms with Crippen molar-refractivity contribution in [3.8, 4) is 0 Å². The molecule has 2 saturated heterocycles. The summed E-state index contributed by atoms with van der Waals surface area (Å²) in [5.41, 5.74) is 3.53. The summed E-state index contributed by atoms with van der Waals surface area (Å²) in [6, 6.07) is 8.94. The summed E-state index contributed by atoms with van der Waals surface area (Å²) in [5.74, 6) is 0.601. The molecule has 1 aliphatic carbocycles. The average Bonchev–Trinajstić information content (AvgIpc) is 3.09. The van der Waals surface area contributed by atoms with E-state index < -0.39 is 0 Å². The smallest absolute Gasteiger partial charge is 0.418 e. The molecule has 0 aromatic heterocycles. The molecule has 1 aromatic carbocycles. The van der Waals surface area contributed by atoms with Crippen LogP contribution in [0.25, 0.3) is 0 Å². The summed E-state index contributed by atoms with van der Waals surface area (Å²) in [6.07, 6.45) is 5.67. The average molecular weight is 296 g/mol. The quantitative estimate of drug-likeness (QED) is 0.738. The normalized spacial score (nSPS) is 35.0. The van der Waals surface area contributed by atoms with E-state index in [1.807, 2.05) is 11.0 Å². The summed E-state index contributed by atoms with van der Waals surface area (Å²) in [4.78, 5) is 16.9. The van der Waals surface area contributed by atoms with E-state index >= 15 is 0 Å². The van der Waals surface area contributed by atoms with Crippen LogP contribution >= 0.6 is 0 Å². The van der Waals surface area contributed by atoms with E-state index in [-0.39, 0.29) is 11.5 Å². The molecule has 0 N–H and O–H groups in total. The lowest BCUT2D eigenvalue weighted by atomic mass is 9.65. The Morgan fingerprint density at radius 3 is 3.05 bits per heavy atom. The number of fused-ring (bicyclic) bond motifs is 2. The number of amides is 1. The molecule has 3 aliphatic heterocycles. The number of ether oxygens (including phenoxy) is 1. The highest BCUT2D eigenvalue weighted by atomic mass is 16.5. The largest absolute Gasteiger partial charge is 0.452 e. The van der Waals surface area contributed by atoms with Crippen LogP contribution in [-0.4, -0.2) is 37.2 Å². The molecule has 1 spiro atoms. The molecule has 4 aliphatic rings. The molecule has 3 heterocycles. The molecule has 1 amide bonds. The summed E-state index contributed by atoms with van der Waals surface area (Å²) in [5, 5.41) is 0. The molecule has 0 radical (unpaired) electrons. The molecule has 1 unspecified atom stereocenters. The molecule has 2 bridgehead atoms. The van der Waals surface area contributed by atoms with Crippen LogP contribution in [0.4, 0.5) is 10.5 Å². The molecule has 3 atom stereocenters. The summed E-state index contributed by atoms with van der Waals surface area (Å²) in [6.45, 7) is 2.33. The number of hydrogen-bond donors (Lipinski definition) is 0. The van der Waals surface area contributed by atoms with E-state index in [0.717, 1.165) is 18.7 Å². The van der Waals surface area contributed by atoms with E-state index in [4.69, 9.17) is 4.74 Å². The third kappa shape index (κ3) is 1.30. The number of anilines is 1. The van der Waals surface area contributed by atoms with Crippen LogP contribution in [0, 0.1) is 5.92 Å². The van der Waals surface area contributed by atoms with Gasteiger partial charge in [0.25, 0.3) is 0 Å². The van der Waals surface area contributed by atoms with Gasteiger partial charge in [0, 0.05) is 11.7 Å². The monoisotopic (exact) mass is 296 g/mol. The second kappa shape index (κ2) is 4.13. The molecule has 5 rings (SSSR count). The van der Waals surface area contributed by atoms with Crippen LogP contribution in [0.3, 0.4) is 0 Å². The lowest BCUT2D eigenvalue weighted by Crippen LogP contribution is -2.51. The van der Waals surface area contributed by atoms with Gasteiger partial charge in [0.15, 0.2) is 0 Å². The fraction of sp³-hybridized carbons (Fsp3) is 0.500. The maximum absolute atomic E-state index is 12.5. The van der Waals surface area contributed by atoms with Crippen molar-refractivity contribution < 1.29 is 9.53 Å². The lowest BCUT2D eigenvalue weighted by Gasteiger charge is -2.46. The van der Waals surface area contributed by atoms with Crippen molar-refractivity contribution in [2.45, 2.75) is 30.7 Å². The van der Waals surface area contributed by atoms with Gasteiger partial charge in [-0.2, -0.15) is 0 Å². The zero-order valence-electron chi connectivity index (χ0n) is 12.8. The van der Waals surface area contributed by atoms with E-state index in [2.05, 4.69) is 29.2 Å². The van der Waals surface area contributed by atoms with Gasteiger partial charge in [-0.3, -0.25) is 4.90 Å². The summed E-state index contributed by atoms with van der Waals surface area (Å²) < 4.78 is 5.10. The standard InChI is InChI=1S/C18H20N2O2/c1-22-17(21)20-14-5-3-2-4-13(14)18-7-9-19-8-6-12(10-15(18)19)11-16(18)20/h2-5,11-12,15H,6-10H2,1H3/t12-,15+,18?/m1/s1. The topological polar surface area (TPSA) is 32.8 Å². The minimum absolute atomic E-state index is 0.00169. The van der Waals surface area contributed by atoms with Gasteiger partial charge < -0.3 is 4.74 Å². The Hall–Kier alpha value is -1.81. The van der Waals surface area contributed by atoms with E-state index in [9.17, 15) is 4.79 Å². The minimum atomic E-state index is -0.256. The van der Waals surface area contributed by atoms with Gasteiger partial charge in [-0.25, -0.2) is 9.69 Å². The van der Waals surface area contributed by atoms with Crippen molar-refractivity contribution in [1.29, 1.82) is 0 Å². The Labute approximate surface area is 130 Å². The van der Waals surface area contributed by atoms with Crippen molar-refractivity contribution >= 4 is 11.8 Å². The molecular formula is C18H20N2O2. The zero-order valence-corrected chi connectivity index (χ0v) is 12.8. The van der Waals surface area contributed by atoms with Gasteiger partial charge in [0.1, 0.15) is 0 Å². The van der Waals surface area contributed by atoms with E-state index in [1.54, 1.807) is 0 Å². The number of rotatable bonds is 0. The molecule has 114 valence electrons. The number of benzene rings is 1. The molecule has 0 saturated carbocycles. The van der Waals surface area contributed by atoms with Crippen LogP contribution in [0.5, 0.6) is 0 Å². The fourth-order valence-corrected chi connectivity index (χ4v) is 5.32. The predicted molar refractivity (Wildman–Crippen MR) is 83.8 cm³/mol. The number of carbonyl (C=O) groups is 1. The number of carbonyl (C=O) groups excluding carboxylic acids is 1. The second-order valence-corrected chi connectivity index (χ2v) is 6.93. The van der Waals surface area contributed by atoms with Gasteiger partial charge in [-0.05, 0) is 49.9 Å². The van der Waals surface area contributed by atoms with Crippen molar-refractivity contribution in [1.82, 2.24) is 4.90 Å². The van der Waals surface area contributed by atoms with Crippen LogP contribution < -0.4 is 4.90 Å². The van der Waals surface area contributed by atoms with Crippen LogP contribution in [0.2, 0.25) is 0 Å². The number of para-hydroxylation sites is 1. The van der Waals surface area contributed by atoms with Gasteiger partial charge in [-0.1, -0.05) is 24.3 Å². The highest BCUT2D eigenvalue weighted by Crippen LogP contribution is 2.60. The van der Waals surface area contributed by atoms with Crippen molar-refractivity contribution in [2.75, 3.05) is 25.1 Å². The maximum Gasteiger partial charge on any atom is 0.418 e. The Morgan fingerprint density at radius 2 is 2.18 bits per heavy atom. The van der Waals surface area contributed by atoms with Crippen molar-refractivity contribution in [3.05, 3.63) is 41.6 Å². The number of nitrogens with zero attached hydrogens (tertiary/aromatic N) is 2. The molecule has 22 heavy (non-hydrogen) atoms. The summed E-state index contributed by atoms with van der Waals surface area (Å²) >= 11 is 0. The third-order valence-electron chi connectivity index (χ3n) is 6.19. The Morgan fingerprint density at radius 1 is 1.32 bits per heavy atom. The first kappa shape index (κ1) is 12.7. The second-order valence-electron chi connectivity index (χ2n) is 6.93. The van der Waals surface area contributed by atoms with Crippen molar-refractivity contribution in [2.24, 2.45) is 5.92 Å². The number of hydrogen-bond acceptors (Lipinski definition) is 3.